The normalized spacial score (nSPS) is 10.2. The van der Waals surface area contributed by atoms with Gasteiger partial charge in [-0.1, -0.05) is 6.07 Å². The molecule has 0 aliphatic rings. The van der Waals surface area contributed by atoms with Crippen LogP contribution >= 0.6 is 0 Å². The van der Waals surface area contributed by atoms with Crippen molar-refractivity contribution >= 4 is 11.4 Å². The molecule has 0 aliphatic heterocycles. The second-order valence-corrected chi connectivity index (χ2v) is 4.20. The van der Waals surface area contributed by atoms with Crippen LogP contribution in [0.2, 0.25) is 0 Å². The van der Waals surface area contributed by atoms with Gasteiger partial charge in [0.05, 0.1) is 12.2 Å². The molecular formula is C14H17N3. The molecule has 0 unspecified atom stereocenters. The predicted octanol–water partition coefficient (Wildman–Crippen LogP) is 2.89. The summed E-state index contributed by atoms with van der Waals surface area (Å²) in [5.41, 5.74) is 10.8. The first-order valence-electron chi connectivity index (χ1n) is 5.68. The van der Waals surface area contributed by atoms with Crippen molar-refractivity contribution in [3.8, 4) is 0 Å². The lowest BCUT2D eigenvalue weighted by molar-refractivity contribution is 1.01. The Morgan fingerprint density at radius 3 is 2.71 bits per heavy atom. The molecule has 3 nitrogen and oxygen atoms in total. The molecule has 0 aliphatic carbocycles. The first-order valence-corrected chi connectivity index (χ1v) is 5.68. The monoisotopic (exact) mass is 227 g/mol. The Balaban J connectivity index is 2.07. The van der Waals surface area contributed by atoms with Gasteiger partial charge in [-0.15, -0.1) is 0 Å². The highest BCUT2D eigenvalue weighted by atomic mass is 14.9. The lowest BCUT2D eigenvalue weighted by Gasteiger charge is -2.10. The van der Waals surface area contributed by atoms with Crippen molar-refractivity contribution in [3.05, 3.63) is 53.3 Å². The largest absolute Gasteiger partial charge is 0.399 e. The van der Waals surface area contributed by atoms with Crippen molar-refractivity contribution in [3.63, 3.8) is 0 Å². The predicted molar refractivity (Wildman–Crippen MR) is 71.9 cm³/mol. The maximum Gasteiger partial charge on any atom is 0.0597 e. The number of rotatable bonds is 3. The summed E-state index contributed by atoms with van der Waals surface area (Å²) < 4.78 is 0. The molecule has 0 radical (unpaired) electrons. The number of nitrogens with one attached hydrogen (secondary N) is 1. The van der Waals surface area contributed by atoms with Crippen molar-refractivity contribution in [1.29, 1.82) is 0 Å². The first-order chi connectivity index (χ1) is 8.15. The Morgan fingerprint density at radius 1 is 1.18 bits per heavy atom. The highest BCUT2D eigenvalue weighted by Crippen LogP contribution is 2.18. The second kappa shape index (κ2) is 4.87. The van der Waals surface area contributed by atoms with E-state index in [0.29, 0.717) is 0 Å². The lowest BCUT2D eigenvalue weighted by Crippen LogP contribution is -2.03. The van der Waals surface area contributed by atoms with Crippen molar-refractivity contribution < 1.29 is 0 Å². The number of anilines is 2. The third-order valence-electron chi connectivity index (χ3n) is 2.66. The number of nitrogen functional groups attached to an aromatic ring is 1. The third kappa shape index (κ3) is 2.97. The number of aromatic nitrogens is 1. The number of pyridine rings is 1. The van der Waals surface area contributed by atoms with E-state index in [2.05, 4.69) is 10.3 Å². The van der Waals surface area contributed by atoms with Crippen molar-refractivity contribution in [2.24, 2.45) is 0 Å². The molecule has 2 aromatic rings. The number of nitrogens with zero attached hydrogens (tertiary/aromatic N) is 1. The van der Waals surface area contributed by atoms with Gasteiger partial charge >= 0.3 is 0 Å². The summed E-state index contributed by atoms with van der Waals surface area (Å²) in [6.07, 6.45) is 0. The first kappa shape index (κ1) is 11.5. The van der Waals surface area contributed by atoms with Crippen LogP contribution in [0.4, 0.5) is 11.4 Å². The Kier molecular flexibility index (Phi) is 3.28. The number of hydrogen-bond donors (Lipinski definition) is 2. The van der Waals surface area contributed by atoms with E-state index in [1.165, 1.54) is 0 Å². The summed E-state index contributed by atoms with van der Waals surface area (Å²) in [5, 5.41) is 3.37. The molecule has 2 rings (SSSR count). The summed E-state index contributed by atoms with van der Waals surface area (Å²) >= 11 is 0. The zero-order valence-corrected chi connectivity index (χ0v) is 10.2. The summed E-state index contributed by atoms with van der Waals surface area (Å²) in [6, 6.07) is 11.9. The maximum atomic E-state index is 5.71. The van der Waals surface area contributed by atoms with Crippen LogP contribution in [0.25, 0.3) is 0 Å². The van der Waals surface area contributed by atoms with Gasteiger partial charge in [-0.25, -0.2) is 0 Å². The highest BCUT2D eigenvalue weighted by Gasteiger charge is 1.99. The molecule has 1 aromatic carbocycles. The lowest BCUT2D eigenvalue weighted by atomic mass is 10.2. The fourth-order valence-electron chi connectivity index (χ4n) is 1.77. The van der Waals surface area contributed by atoms with E-state index >= 15 is 0 Å². The van der Waals surface area contributed by atoms with Gasteiger partial charge in [-0.05, 0) is 49.7 Å². The van der Waals surface area contributed by atoms with Crippen LogP contribution in [0.5, 0.6) is 0 Å². The smallest absolute Gasteiger partial charge is 0.0597 e. The Bertz CT molecular complexity index is 521. The summed E-state index contributed by atoms with van der Waals surface area (Å²) in [4.78, 5) is 4.45. The van der Waals surface area contributed by atoms with Gasteiger partial charge < -0.3 is 11.1 Å². The fraction of sp³-hybridized carbons (Fsp3) is 0.214. The Labute approximate surface area is 102 Å². The van der Waals surface area contributed by atoms with Gasteiger partial charge in [-0.3, -0.25) is 4.98 Å². The number of nitrogens with two attached hydrogens (primary N) is 1. The van der Waals surface area contributed by atoms with Gasteiger partial charge in [0.1, 0.15) is 0 Å². The van der Waals surface area contributed by atoms with Crippen LogP contribution in [0.3, 0.4) is 0 Å². The maximum absolute atomic E-state index is 5.71. The van der Waals surface area contributed by atoms with Crippen LogP contribution in [0.15, 0.2) is 36.4 Å². The average molecular weight is 227 g/mol. The van der Waals surface area contributed by atoms with E-state index in [1.54, 1.807) is 0 Å². The number of aryl methyl sites for hydroxylation is 2. The minimum absolute atomic E-state index is 0.729. The molecule has 3 heteroatoms. The van der Waals surface area contributed by atoms with E-state index in [9.17, 15) is 0 Å². The topological polar surface area (TPSA) is 50.9 Å². The van der Waals surface area contributed by atoms with Crippen LogP contribution in [0, 0.1) is 13.8 Å². The molecule has 0 fully saturated rings. The summed E-state index contributed by atoms with van der Waals surface area (Å²) in [7, 11) is 0. The van der Waals surface area contributed by atoms with Gasteiger partial charge in [0.25, 0.3) is 0 Å². The number of hydrogen-bond acceptors (Lipinski definition) is 3. The van der Waals surface area contributed by atoms with E-state index < -0.39 is 0 Å². The molecule has 3 N–H and O–H groups in total. The van der Waals surface area contributed by atoms with Crippen molar-refractivity contribution in [1.82, 2.24) is 4.98 Å². The molecular weight excluding hydrogens is 210 g/mol. The van der Waals surface area contributed by atoms with Gasteiger partial charge in [0.15, 0.2) is 0 Å². The molecule has 0 bridgehead atoms. The van der Waals surface area contributed by atoms with Crippen molar-refractivity contribution in [2.45, 2.75) is 20.4 Å². The second-order valence-electron chi connectivity index (χ2n) is 4.20. The highest BCUT2D eigenvalue weighted by molar-refractivity contribution is 5.57. The van der Waals surface area contributed by atoms with Crippen LogP contribution in [-0.2, 0) is 6.54 Å². The molecule has 0 atom stereocenters. The molecule has 0 spiro atoms. The number of benzene rings is 1. The molecule has 17 heavy (non-hydrogen) atoms. The zero-order valence-electron chi connectivity index (χ0n) is 10.2. The van der Waals surface area contributed by atoms with Crippen LogP contribution < -0.4 is 11.1 Å². The van der Waals surface area contributed by atoms with E-state index in [-0.39, 0.29) is 0 Å². The van der Waals surface area contributed by atoms with E-state index in [0.717, 1.165) is 34.9 Å². The minimum Gasteiger partial charge on any atom is -0.399 e. The third-order valence-corrected chi connectivity index (χ3v) is 2.66. The SMILES string of the molecule is Cc1cccc(CNc2ccc(N)cc2C)n1. The molecule has 88 valence electrons. The summed E-state index contributed by atoms with van der Waals surface area (Å²) in [5.74, 6) is 0. The van der Waals surface area contributed by atoms with Gasteiger partial charge in [-0.2, -0.15) is 0 Å². The van der Waals surface area contributed by atoms with E-state index in [1.807, 2.05) is 50.2 Å². The average Bonchev–Trinajstić information content (AvgIpc) is 2.28. The molecule has 0 saturated carbocycles. The summed E-state index contributed by atoms with van der Waals surface area (Å²) in [6.45, 7) is 4.77. The Morgan fingerprint density at radius 2 is 2.00 bits per heavy atom. The quantitative estimate of drug-likeness (QED) is 0.793. The molecule has 0 saturated heterocycles. The van der Waals surface area contributed by atoms with Crippen LogP contribution in [0.1, 0.15) is 17.0 Å². The standard InChI is InChI=1S/C14H17N3/c1-10-8-12(15)6-7-14(10)16-9-13-5-3-4-11(2)17-13/h3-8,16H,9,15H2,1-2H3. The zero-order chi connectivity index (χ0) is 12.3. The van der Waals surface area contributed by atoms with Crippen molar-refractivity contribution in [2.75, 3.05) is 11.1 Å². The van der Waals surface area contributed by atoms with Gasteiger partial charge in [0.2, 0.25) is 0 Å². The Hall–Kier alpha value is -2.03. The fourth-order valence-corrected chi connectivity index (χ4v) is 1.77. The van der Waals surface area contributed by atoms with Crippen LogP contribution in [-0.4, -0.2) is 4.98 Å². The molecule has 1 aromatic heterocycles. The van der Waals surface area contributed by atoms with E-state index in [4.69, 9.17) is 5.73 Å². The minimum atomic E-state index is 0.729. The molecule has 1 heterocycles. The van der Waals surface area contributed by atoms with Gasteiger partial charge in [0, 0.05) is 17.1 Å². The molecule has 0 amide bonds.